The van der Waals surface area contributed by atoms with Crippen molar-refractivity contribution in [2.75, 3.05) is 7.11 Å². The molecule has 0 bridgehead atoms. The van der Waals surface area contributed by atoms with Gasteiger partial charge in [-0.15, -0.1) is 0 Å². The molecule has 140 valence electrons. The van der Waals surface area contributed by atoms with E-state index in [9.17, 15) is 0 Å². The SMILES string of the molecule is COc1cc(-c2ccc(C(C)(C)C)c3c2CCCC3)ccc1C(C)(C)C. The van der Waals surface area contributed by atoms with Crippen LogP contribution < -0.4 is 4.74 Å². The van der Waals surface area contributed by atoms with Gasteiger partial charge in [0.15, 0.2) is 0 Å². The molecule has 1 aliphatic rings. The molecule has 0 spiro atoms. The van der Waals surface area contributed by atoms with Gasteiger partial charge in [-0.05, 0) is 76.0 Å². The van der Waals surface area contributed by atoms with Crippen LogP contribution in [0.1, 0.15) is 76.6 Å². The minimum Gasteiger partial charge on any atom is -0.496 e. The molecule has 26 heavy (non-hydrogen) atoms. The first-order valence-corrected chi connectivity index (χ1v) is 9.97. The molecule has 0 unspecified atom stereocenters. The summed E-state index contributed by atoms with van der Waals surface area (Å²) < 4.78 is 5.76. The molecule has 0 heterocycles. The van der Waals surface area contributed by atoms with Crippen LogP contribution in [-0.4, -0.2) is 7.11 Å². The number of fused-ring (bicyclic) bond motifs is 1. The van der Waals surface area contributed by atoms with Crippen molar-refractivity contribution >= 4 is 0 Å². The minimum absolute atomic E-state index is 0.0827. The van der Waals surface area contributed by atoms with Crippen LogP contribution in [0.5, 0.6) is 5.75 Å². The molecular weight excluding hydrogens is 316 g/mol. The number of hydrogen-bond donors (Lipinski definition) is 0. The Morgan fingerprint density at radius 2 is 1.31 bits per heavy atom. The number of benzene rings is 2. The van der Waals surface area contributed by atoms with E-state index in [1.807, 2.05) is 0 Å². The lowest BCUT2D eigenvalue weighted by Crippen LogP contribution is -2.18. The van der Waals surface area contributed by atoms with Crippen LogP contribution in [0.2, 0.25) is 0 Å². The van der Waals surface area contributed by atoms with Gasteiger partial charge >= 0.3 is 0 Å². The fraction of sp³-hybridized carbons (Fsp3) is 0.520. The fourth-order valence-electron chi connectivity index (χ4n) is 4.32. The standard InChI is InChI=1S/C25H34O/c1-24(2,3)21-15-13-18(19-10-8-9-11-20(19)21)17-12-14-22(25(4,5)6)23(16-17)26-7/h12-16H,8-11H2,1-7H3. The third-order valence-corrected chi connectivity index (χ3v) is 5.66. The fourth-order valence-corrected chi connectivity index (χ4v) is 4.32. The number of hydrogen-bond acceptors (Lipinski definition) is 1. The molecular formula is C25H34O. The maximum Gasteiger partial charge on any atom is 0.123 e. The molecule has 0 aliphatic heterocycles. The largest absolute Gasteiger partial charge is 0.496 e. The average molecular weight is 351 g/mol. The summed E-state index contributed by atoms with van der Waals surface area (Å²) in [5.41, 5.74) is 8.92. The van der Waals surface area contributed by atoms with E-state index in [0.29, 0.717) is 0 Å². The molecule has 0 atom stereocenters. The Balaban J connectivity index is 2.16. The van der Waals surface area contributed by atoms with Crippen LogP contribution in [-0.2, 0) is 23.7 Å². The smallest absolute Gasteiger partial charge is 0.123 e. The van der Waals surface area contributed by atoms with Crippen molar-refractivity contribution in [3.8, 4) is 16.9 Å². The molecule has 0 fully saturated rings. The molecule has 2 aromatic rings. The zero-order valence-corrected chi connectivity index (χ0v) is 17.6. The lowest BCUT2D eigenvalue weighted by molar-refractivity contribution is 0.398. The zero-order valence-electron chi connectivity index (χ0n) is 17.6. The summed E-state index contributed by atoms with van der Waals surface area (Å²) in [6.45, 7) is 13.7. The lowest BCUT2D eigenvalue weighted by atomic mass is 9.75. The highest BCUT2D eigenvalue weighted by Gasteiger charge is 2.25. The average Bonchev–Trinajstić information content (AvgIpc) is 2.58. The van der Waals surface area contributed by atoms with Crippen molar-refractivity contribution in [2.24, 2.45) is 0 Å². The molecule has 3 rings (SSSR count). The topological polar surface area (TPSA) is 9.23 Å². The van der Waals surface area contributed by atoms with Crippen LogP contribution >= 0.6 is 0 Å². The number of methoxy groups -OCH3 is 1. The first kappa shape index (κ1) is 19.0. The van der Waals surface area contributed by atoms with Crippen LogP contribution in [0, 0.1) is 0 Å². The highest BCUT2D eigenvalue weighted by Crippen LogP contribution is 2.40. The van der Waals surface area contributed by atoms with Crippen molar-refractivity contribution in [3.05, 3.63) is 52.6 Å². The minimum atomic E-state index is 0.0827. The first-order valence-electron chi connectivity index (χ1n) is 9.97. The third-order valence-electron chi connectivity index (χ3n) is 5.66. The summed E-state index contributed by atoms with van der Waals surface area (Å²) in [5.74, 6) is 0.999. The van der Waals surface area contributed by atoms with Gasteiger partial charge in [-0.25, -0.2) is 0 Å². The van der Waals surface area contributed by atoms with Crippen LogP contribution in [0.25, 0.3) is 11.1 Å². The van der Waals surface area contributed by atoms with Gasteiger partial charge in [0.25, 0.3) is 0 Å². The van der Waals surface area contributed by atoms with E-state index in [4.69, 9.17) is 4.74 Å². The quantitative estimate of drug-likeness (QED) is 0.576. The number of ether oxygens (including phenoxy) is 1. The molecule has 0 saturated heterocycles. The second kappa shape index (κ2) is 6.76. The predicted octanol–water partition coefficient (Wildman–Crippen LogP) is 6.84. The Labute approximate surface area is 159 Å². The summed E-state index contributed by atoms with van der Waals surface area (Å²) in [5, 5.41) is 0. The van der Waals surface area contributed by atoms with Crippen molar-refractivity contribution in [1.29, 1.82) is 0 Å². The van der Waals surface area contributed by atoms with E-state index in [0.717, 1.165) is 5.75 Å². The number of rotatable bonds is 2. The second-order valence-electron chi connectivity index (χ2n) is 9.74. The Morgan fingerprint density at radius 1 is 0.731 bits per heavy atom. The summed E-state index contributed by atoms with van der Waals surface area (Å²) >= 11 is 0. The van der Waals surface area contributed by atoms with Gasteiger partial charge in [0.05, 0.1) is 7.11 Å². The Kier molecular flexibility index (Phi) is 4.94. The molecule has 0 radical (unpaired) electrons. The van der Waals surface area contributed by atoms with E-state index in [-0.39, 0.29) is 10.8 Å². The van der Waals surface area contributed by atoms with Gasteiger partial charge in [-0.3, -0.25) is 0 Å². The highest BCUT2D eigenvalue weighted by molar-refractivity contribution is 5.72. The molecule has 1 nitrogen and oxygen atoms in total. The van der Waals surface area contributed by atoms with E-state index in [1.54, 1.807) is 18.2 Å². The molecule has 2 aromatic carbocycles. The Bertz CT molecular complexity index is 800. The molecule has 0 amide bonds. The van der Waals surface area contributed by atoms with Crippen molar-refractivity contribution in [1.82, 2.24) is 0 Å². The van der Waals surface area contributed by atoms with E-state index >= 15 is 0 Å². The van der Waals surface area contributed by atoms with Gasteiger partial charge in [0, 0.05) is 0 Å². The molecule has 0 saturated carbocycles. The van der Waals surface area contributed by atoms with Crippen LogP contribution in [0.15, 0.2) is 30.3 Å². The van der Waals surface area contributed by atoms with Crippen molar-refractivity contribution in [2.45, 2.75) is 78.1 Å². The maximum atomic E-state index is 5.76. The molecule has 0 aromatic heterocycles. The zero-order chi connectivity index (χ0) is 19.1. The summed E-state index contributed by atoms with van der Waals surface area (Å²) in [7, 11) is 1.78. The third kappa shape index (κ3) is 3.54. The van der Waals surface area contributed by atoms with Gasteiger partial charge in [0.2, 0.25) is 0 Å². The van der Waals surface area contributed by atoms with Crippen LogP contribution in [0.4, 0.5) is 0 Å². The molecule has 1 heteroatoms. The van der Waals surface area contributed by atoms with Gasteiger partial charge < -0.3 is 4.74 Å². The van der Waals surface area contributed by atoms with Crippen LogP contribution in [0.3, 0.4) is 0 Å². The van der Waals surface area contributed by atoms with Gasteiger partial charge in [-0.2, -0.15) is 0 Å². The van der Waals surface area contributed by atoms with Crippen molar-refractivity contribution < 1.29 is 4.74 Å². The Hall–Kier alpha value is -1.76. The highest BCUT2D eigenvalue weighted by atomic mass is 16.5. The maximum absolute atomic E-state index is 5.76. The predicted molar refractivity (Wildman–Crippen MR) is 112 cm³/mol. The summed E-state index contributed by atoms with van der Waals surface area (Å²) in [6.07, 6.45) is 5.02. The molecule has 1 aliphatic carbocycles. The summed E-state index contributed by atoms with van der Waals surface area (Å²) in [6, 6.07) is 11.5. The van der Waals surface area contributed by atoms with E-state index in [1.165, 1.54) is 47.9 Å². The second-order valence-corrected chi connectivity index (χ2v) is 9.74. The normalized spacial score (nSPS) is 14.9. The Morgan fingerprint density at radius 3 is 1.88 bits per heavy atom. The first-order chi connectivity index (χ1) is 12.1. The van der Waals surface area contributed by atoms with Gasteiger partial charge in [-0.1, -0.05) is 65.8 Å². The lowest BCUT2D eigenvalue weighted by Gasteiger charge is -2.30. The molecule has 0 N–H and O–H groups in total. The van der Waals surface area contributed by atoms with E-state index < -0.39 is 0 Å². The monoisotopic (exact) mass is 350 g/mol. The van der Waals surface area contributed by atoms with Crippen molar-refractivity contribution in [3.63, 3.8) is 0 Å². The van der Waals surface area contributed by atoms with E-state index in [2.05, 4.69) is 71.9 Å². The summed E-state index contributed by atoms with van der Waals surface area (Å²) in [4.78, 5) is 0. The van der Waals surface area contributed by atoms with Gasteiger partial charge in [0.1, 0.15) is 5.75 Å².